The highest BCUT2D eigenvalue weighted by Crippen LogP contribution is 2.48. The minimum Gasteiger partial charge on any atom is -0.744 e. The Labute approximate surface area is 323 Å². The SMILES string of the molecule is CC(C)(C)Oc1cc(OC(C)(C)C)c([S+](c2ccccc2)c2ccccc2)c(OC(C)(C)C)c1.O=S(=O)([O-])c1c(C(F)(F)F)cc(C(F)(F)F)cc1C(F)(F)F. The van der Waals surface area contributed by atoms with Gasteiger partial charge in [-0.3, -0.25) is 0 Å². The van der Waals surface area contributed by atoms with Gasteiger partial charge in [0.25, 0.3) is 0 Å². The lowest BCUT2D eigenvalue weighted by Crippen LogP contribution is -2.27. The van der Waals surface area contributed by atoms with E-state index in [2.05, 4.69) is 102 Å². The van der Waals surface area contributed by atoms with Crippen LogP contribution in [0.15, 0.2) is 105 Å². The number of hydrogen-bond acceptors (Lipinski definition) is 6. The Balaban J connectivity index is 0.000000331. The first kappa shape index (κ1) is 46.3. The Morgan fingerprint density at radius 1 is 0.518 bits per heavy atom. The zero-order valence-corrected chi connectivity index (χ0v) is 33.4. The number of alkyl halides is 9. The average Bonchev–Trinajstić information content (AvgIpc) is 2.99. The number of rotatable bonds is 7. The molecule has 4 rings (SSSR count). The highest BCUT2D eigenvalue weighted by Gasteiger charge is 2.46. The highest BCUT2D eigenvalue weighted by atomic mass is 32.2. The Morgan fingerprint density at radius 2 is 0.857 bits per heavy atom. The first-order valence-electron chi connectivity index (χ1n) is 16.6. The molecule has 0 atom stereocenters. The van der Waals surface area contributed by atoms with Crippen LogP contribution in [0.5, 0.6) is 17.2 Å². The van der Waals surface area contributed by atoms with Crippen molar-refractivity contribution >= 4 is 21.0 Å². The zero-order valence-electron chi connectivity index (χ0n) is 31.8. The molecule has 0 aromatic heterocycles. The molecule has 0 saturated heterocycles. The molecular weight excluding hydrogens is 800 g/mol. The van der Waals surface area contributed by atoms with Crippen LogP contribution in [0, 0.1) is 0 Å². The topological polar surface area (TPSA) is 84.9 Å². The third-order valence-corrected chi connectivity index (χ3v) is 9.93. The predicted octanol–water partition coefficient (Wildman–Crippen LogP) is 12.0. The van der Waals surface area contributed by atoms with E-state index in [0.717, 1.165) is 22.1 Å². The molecule has 0 fully saturated rings. The molecule has 0 N–H and O–H groups in total. The molecule has 0 radical (unpaired) electrons. The van der Waals surface area contributed by atoms with E-state index in [-0.39, 0.29) is 5.60 Å². The zero-order chi connectivity index (χ0) is 42.9. The van der Waals surface area contributed by atoms with Crippen molar-refractivity contribution in [2.24, 2.45) is 0 Å². The van der Waals surface area contributed by atoms with E-state index in [1.54, 1.807) is 0 Å². The van der Waals surface area contributed by atoms with E-state index in [1.165, 1.54) is 9.79 Å². The molecule has 0 heterocycles. The van der Waals surface area contributed by atoms with Gasteiger partial charge in [0, 0.05) is 12.1 Å². The van der Waals surface area contributed by atoms with Gasteiger partial charge >= 0.3 is 18.5 Å². The molecule has 0 saturated carbocycles. The number of halogens is 9. The van der Waals surface area contributed by atoms with Crippen LogP contribution in [-0.4, -0.2) is 29.8 Å². The number of benzene rings is 4. The van der Waals surface area contributed by atoms with E-state index >= 15 is 0 Å². The van der Waals surface area contributed by atoms with E-state index in [4.69, 9.17) is 14.2 Å². The van der Waals surface area contributed by atoms with Gasteiger partial charge < -0.3 is 18.8 Å². The first-order valence-corrected chi connectivity index (χ1v) is 19.3. The molecule has 17 heteroatoms. The Kier molecular flexibility index (Phi) is 13.6. The second kappa shape index (κ2) is 16.4. The maximum absolute atomic E-state index is 12.6. The maximum atomic E-state index is 12.6. The molecule has 0 aliphatic heterocycles. The van der Waals surface area contributed by atoms with Gasteiger partial charge in [-0.15, -0.1) is 0 Å². The first-order chi connectivity index (χ1) is 25.2. The van der Waals surface area contributed by atoms with E-state index < -0.39 is 84.5 Å². The van der Waals surface area contributed by atoms with Gasteiger partial charge in [0.05, 0.1) is 21.6 Å². The summed E-state index contributed by atoms with van der Waals surface area (Å²) in [4.78, 5) is 0.649. The molecule has 4 aromatic rings. The van der Waals surface area contributed by atoms with Crippen molar-refractivity contribution in [2.45, 2.75) is 117 Å². The summed E-state index contributed by atoms with van der Waals surface area (Å²) in [5.41, 5.74) is -9.18. The van der Waals surface area contributed by atoms with Crippen LogP contribution in [0.2, 0.25) is 0 Å². The fourth-order valence-corrected chi connectivity index (χ4v) is 8.04. The standard InChI is InChI=1S/C30H39O3S.C9H3F9O3S/c1-28(2,3)31-22-20-25(32-29(4,5)6)27(26(21-22)33-30(7,8)9)34(23-16-12-10-13-17-23)24-18-14-11-15-19-24;10-7(11,12)3-1-4(8(13,14)15)6(22(19,20)21)5(2-3)9(16,17)18/h10-21H,1-9H3;1-2H,(H,19,20,21)/q+1;/p-1. The van der Waals surface area contributed by atoms with Crippen LogP contribution < -0.4 is 14.2 Å². The molecule has 0 unspecified atom stereocenters. The second-order valence-corrected chi connectivity index (χ2v) is 18.5. The third-order valence-electron chi connectivity index (χ3n) is 6.69. The Bertz CT molecular complexity index is 1950. The summed E-state index contributed by atoms with van der Waals surface area (Å²) >= 11 is 0. The Hall–Kier alpha value is -4.09. The van der Waals surface area contributed by atoms with E-state index in [0.29, 0.717) is 0 Å². The molecule has 0 aliphatic rings. The fourth-order valence-electron chi connectivity index (χ4n) is 4.95. The largest absolute Gasteiger partial charge is 0.744 e. The molecule has 0 amide bonds. The van der Waals surface area contributed by atoms with Crippen LogP contribution in [0.3, 0.4) is 0 Å². The van der Waals surface area contributed by atoms with Crippen molar-refractivity contribution in [3.05, 3.63) is 102 Å². The van der Waals surface area contributed by atoms with Gasteiger partial charge in [-0.1, -0.05) is 36.4 Å². The van der Waals surface area contributed by atoms with Gasteiger partial charge in [-0.25, -0.2) is 8.42 Å². The van der Waals surface area contributed by atoms with Crippen LogP contribution in [0.25, 0.3) is 0 Å². The molecule has 0 aliphatic carbocycles. The molecule has 4 aromatic carbocycles. The van der Waals surface area contributed by atoms with E-state index in [1.807, 2.05) is 32.9 Å². The summed E-state index contributed by atoms with van der Waals surface area (Å²) in [5.74, 6) is 2.30. The molecule has 0 bridgehead atoms. The summed E-state index contributed by atoms with van der Waals surface area (Å²) in [5, 5.41) is 0. The molecule has 56 heavy (non-hydrogen) atoms. The lowest BCUT2D eigenvalue weighted by molar-refractivity contribution is -0.152. The second-order valence-electron chi connectivity index (χ2n) is 15.2. The monoisotopic (exact) mass is 840 g/mol. The minimum atomic E-state index is -6.35. The molecule has 0 spiro atoms. The van der Waals surface area contributed by atoms with Gasteiger partial charge in [0.2, 0.25) is 4.90 Å². The summed E-state index contributed by atoms with van der Waals surface area (Å²) in [6.45, 7) is 18.6. The minimum absolute atomic E-state index is 0.347. The summed E-state index contributed by atoms with van der Waals surface area (Å²) in [7, 11) is -6.79. The van der Waals surface area contributed by atoms with Gasteiger partial charge in [-0.2, -0.15) is 39.5 Å². The maximum Gasteiger partial charge on any atom is 0.417 e. The van der Waals surface area contributed by atoms with Gasteiger partial charge in [-0.05, 0) is 98.7 Å². The van der Waals surface area contributed by atoms with Gasteiger partial charge in [0.1, 0.15) is 43.6 Å². The van der Waals surface area contributed by atoms with Crippen molar-refractivity contribution in [1.82, 2.24) is 0 Å². The lowest BCUT2D eigenvalue weighted by Gasteiger charge is -2.28. The van der Waals surface area contributed by atoms with Crippen molar-refractivity contribution in [3.8, 4) is 17.2 Å². The van der Waals surface area contributed by atoms with Crippen LogP contribution in [0.1, 0.15) is 79.0 Å². The molecule has 308 valence electrons. The average molecular weight is 841 g/mol. The number of ether oxygens (including phenoxy) is 3. The van der Waals surface area contributed by atoms with Crippen molar-refractivity contribution in [3.63, 3.8) is 0 Å². The lowest BCUT2D eigenvalue weighted by atomic mass is 10.0. The summed E-state index contributed by atoms with van der Waals surface area (Å²) in [6, 6.07) is 23.5. The van der Waals surface area contributed by atoms with Crippen LogP contribution in [0.4, 0.5) is 39.5 Å². The van der Waals surface area contributed by atoms with E-state index in [9.17, 15) is 52.5 Å². The van der Waals surface area contributed by atoms with Crippen molar-refractivity contribution in [1.29, 1.82) is 0 Å². The predicted molar refractivity (Wildman–Crippen MR) is 192 cm³/mol. The smallest absolute Gasteiger partial charge is 0.417 e. The molecule has 6 nitrogen and oxygen atoms in total. The van der Waals surface area contributed by atoms with Crippen LogP contribution >= 0.6 is 0 Å². The quantitative estimate of drug-likeness (QED) is 0.105. The van der Waals surface area contributed by atoms with Crippen molar-refractivity contribution < 1.29 is 66.7 Å². The normalized spacial score (nSPS) is 13.2. The summed E-state index contributed by atoms with van der Waals surface area (Å²) in [6.07, 6.45) is -17.5. The number of hydrogen-bond donors (Lipinski definition) is 0. The fraction of sp³-hybridized carbons (Fsp3) is 0.385. The van der Waals surface area contributed by atoms with Crippen LogP contribution in [-0.2, 0) is 39.5 Å². The van der Waals surface area contributed by atoms with Crippen molar-refractivity contribution in [2.75, 3.05) is 0 Å². The van der Waals surface area contributed by atoms with Gasteiger partial charge in [0.15, 0.2) is 21.3 Å². The third kappa shape index (κ3) is 13.3. The highest BCUT2D eigenvalue weighted by molar-refractivity contribution is 7.97. The summed E-state index contributed by atoms with van der Waals surface area (Å²) < 4.78 is 164. The molecular formula is C39H41F9O6S2. The Morgan fingerprint density at radius 3 is 1.12 bits per heavy atom.